The molecule has 2 nitrogen and oxygen atoms in total. The molecule has 0 bridgehead atoms. The lowest BCUT2D eigenvalue weighted by atomic mass is 9.81. The first kappa shape index (κ1) is 6.72. The average molecular weight is 99.9 g/mol. The van der Waals surface area contributed by atoms with Crippen molar-refractivity contribution in [1.82, 2.24) is 0 Å². The number of hydrogen-bond donors (Lipinski definition) is 2. The molecular formula is C4H9BO2. The van der Waals surface area contributed by atoms with Crippen LogP contribution in [0.2, 0.25) is 0 Å². The zero-order valence-electron chi connectivity index (χ0n) is 4.55. The Balaban J connectivity index is 3.56. The van der Waals surface area contributed by atoms with Gasteiger partial charge in [0.25, 0.3) is 0 Å². The summed E-state index contributed by atoms with van der Waals surface area (Å²) in [7, 11) is -1.27. The molecule has 0 atom stereocenters. The Labute approximate surface area is 43.6 Å². The van der Waals surface area contributed by atoms with E-state index < -0.39 is 7.12 Å². The summed E-state index contributed by atoms with van der Waals surface area (Å²) in [6.07, 6.45) is 1.66. The van der Waals surface area contributed by atoms with Crippen LogP contribution in [0.25, 0.3) is 0 Å². The van der Waals surface area contributed by atoms with Gasteiger partial charge in [0, 0.05) is 0 Å². The largest absolute Gasteiger partial charge is 0.483 e. The molecule has 0 unspecified atom stereocenters. The predicted molar refractivity (Wildman–Crippen MR) is 29.6 cm³/mol. The minimum absolute atomic E-state index is 0.583. The highest BCUT2D eigenvalue weighted by Gasteiger charge is 2.05. The van der Waals surface area contributed by atoms with Crippen LogP contribution in [0.5, 0.6) is 0 Å². The standard InChI is InChI=1S/C4H9BO2/c1-3-4(2)5(6)7/h3,6-7H,1-2H3. The summed E-state index contributed by atoms with van der Waals surface area (Å²) in [6.45, 7) is 3.42. The average Bonchev–Trinajstić information content (AvgIpc) is 1.65. The molecule has 0 aliphatic heterocycles. The highest BCUT2D eigenvalue weighted by molar-refractivity contribution is 6.50. The van der Waals surface area contributed by atoms with Gasteiger partial charge in [-0.2, -0.15) is 0 Å². The van der Waals surface area contributed by atoms with Crippen LogP contribution in [0.1, 0.15) is 13.8 Å². The molecule has 0 radical (unpaired) electrons. The zero-order chi connectivity index (χ0) is 5.86. The number of hydrogen-bond acceptors (Lipinski definition) is 2. The first-order valence-electron chi connectivity index (χ1n) is 2.17. The quantitative estimate of drug-likeness (QED) is 0.454. The van der Waals surface area contributed by atoms with Crippen molar-refractivity contribution in [1.29, 1.82) is 0 Å². The monoisotopic (exact) mass is 100 g/mol. The minimum atomic E-state index is -1.27. The Bertz CT molecular complexity index is 77.8. The molecule has 0 rings (SSSR count). The van der Waals surface area contributed by atoms with Crippen molar-refractivity contribution in [3.05, 3.63) is 11.5 Å². The van der Waals surface area contributed by atoms with E-state index in [-0.39, 0.29) is 0 Å². The molecule has 0 aromatic carbocycles. The second kappa shape index (κ2) is 2.83. The highest BCUT2D eigenvalue weighted by atomic mass is 16.4. The van der Waals surface area contributed by atoms with Gasteiger partial charge in [-0.15, -0.1) is 0 Å². The molecule has 0 amide bonds. The molecule has 0 spiro atoms. The van der Waals surface area contributed by atoms with Crippen molar-refractivity contribution in [3.8, 4) is 0 Å². The summed E-state index contributed by atoms with van der Waals surface area (Å²) in [5.74, 6) is 0. The summed E-state index contributed by atoms with van der Waals surface area (Å²) in [5.41, 5.74) is 0.583. The van der Waals surface area contributed by atoms with Crippen molar-refractivity contribution in [2.45, 2.75) is 13.8 Å². The Morgan fingerprint density at radius 2 is 2.00 bits per heavy atom. The normalized spacial score (nSPS) is 11.7. The van der Waals surface area contributed by atoms with E-state index in [4.69, 9.17) is 10.0 Å². The van der Waals surface area contributed by atoms with Crippen LogP contribution in [0.3, 0.4) is 0 Å². The first-order chi connectivity index (χ1) is 3.18. The molecule has 0 heterocycles. The van der Waals surface area contributed by atoms with Gasteiger partial charge in [0.2, 0.25) is 0 Å². The number of allylic oxidation sites excluding steroid dienone is 2. The van der Waals surface area contributed by atoms with Gasteiger partial charge in [0.1, 0.15) is 0 Å². The number of rotatable bonds is 1. The van der Waals surface area contributed by atoms with Crippen LogP contribution in [0.4, 0.5) is 0 Å². The van der Waals surface area contributed by atoms with Crippen molar-refractivity contribution in [2.75, 3.05) is 0 Å². The second-order valence-corrected chi connectivity index (χ2v) is 1.41. The zero-order valence-corrected chi connectivity index (χ0v) is 4.55. The molecule has 0 aliphatic rings. The fraction of sp³-hybridized carbons (Fsp3) is 0.500. The van der Waals surface area contributed by atoms with E-state index in [1.54, 1.807) is 19.9 Å². The van der Waals surface area contributed by atoms with Gasteiger partial charge < -0.3 is 10.0 Å². The molecule has 0 aromatic heterocycles. The maximum Gasteiger partial charge on any atom is 0.483 e. The van der Waals surface area contributed by atoms with Crippen LogP contribution in [-0.2, 0) is 0 Å². The summed E-state index contributed by atoms with van der Waals surface area (Å²) in [5, 5.41) is 16.6. The van der Waals surface area contributed by atoms with E-state index >= 15 is 0 Å². The van der Waals surface area contributed by atoms with Crippen molar-refractivity contribution in [3.63, 3.8) is 0 Å². The lowest BCUT2D eigenvalue weighted by Crippen LogP contribution is -2.12. The second-order valence-electron chi connectivity index (χ2n) is 1.41. The smallest absolute Gasteiger partial charge is 0.423 e. The van der Waals surface area contributed by atoms with Gasteiger partial charge in [-0.25, -0.2) is 0 Å². The predicted octanol–water partition coefficient (Wildman–Crippen LogP) is -0.0354. The lowest BCUT2D eigenvalue weighted by molar-refractivity contribution is 0.419. The van der Waals surface area contributed by atoms with E-state index in [0.717, 1.165) is 0 Å². The van der Waals surface area contributed by atoms with E-state index in [1.807, 2.05) is 0 Å². The third-order valence-corrected chi connectivity index (χ3v) is 0.863. The topological polar surface area (TPSA) is 40.5 Å². The molecule has 40 valence electrons. The summed E-state index contributed by atoms with van der Waals surface area (Å²) in [6, 6.07) is 0. The molecule has 7 heavy (non-hydrogen) atoms. The Morgan fingerprint density at radius 1 is 1.57 bits per heavy atom. The first-order valence-corrected chi connectivity index (χ1v) is 2.17. The van der Waals surface area contributed by atoms with Gasteiger partial charge in [-0.1, -0.05) is 6.08 Å². The van der Waals surface area contributed by atoms with Gasteiger partial charge in [-0.05, 0) is 19.3 Å². The van der Waals surface area contributed by atoms with Crippen molar-refractivity contribution in [2.24, 2.45) is 0 Å². The Morgan fingerprint density at radius 3 is 2.00 bits per heavy atom. The van der Waals surface area contributed by atoms with Crippen molar-refractivity contribution < 1.29 is 10.0 Å². The van der Waals surface area contributed by atoms with Crippen LogP contribution in [-0.4, -0.2) is 17.2 Å². The van der Waals surface area contributed by atoms with Crippen LogP contribution < -0.4 is 0 Å². The van der Waals surface area contributed by atoms with Crippen LogP contribution in [0.15, 0.2) is 11.5 Å². The summed E-state index contributed by atoms with van der Waals surface area (Å²) in [4.78, 5) is 0. The van der Waals surface area contributed by atoms with E-state index in [1.165, 1.54) is 0 Å². The van der Waals surface area contributed by atoms with Gasteiger partial charge in [-0.3, -0.25) is 0 Å². The lowest BCUT2D eigenvalue weighted by Gasteiger charge is -1.91. The van der Waals surface area contributed by atoms with Crippen LogP contribution in [0, 0.1) is 0 Å². The molecular weight excluding hydrogens is 90.9 g/mol. The molecule has 3 heteroatoms. The molecule has 0 aliphatic carbocycles. The van der Waals surface area contributed by atoms with Crippen molar-refractivity contribution >= 4 is 7.12 Å². The Hall–Kier alpha value is -0.275. The van der Waals surface area contributed by atoms with E-state index in [0.29, 0.717) is 5.47 Å². The van der Waals surface area contributed by atoms with Gasteiger partial charge >= 0.3 is 7.12 Å². The fourth-order valence-corrected chi connectivity index (χ4v) is 0.149. The van der Waals surface area contributed by atoms with E-state index in [2.05, 4.69) is 0 Å². The molecule has 0 saturated carbocycles. The maximum atomic E-state index is 8.31. The fourth-order valence-electron chi connectivity index (χ4n) is 0.149. The summed E-state index contributed by atoms with van der Waals surface area (Å²) < 4.78 is 0. The van der Waals surface area contributed by atoms with E-state index in [9.17, 15) is 0 Å². The minimum Gasteiger partial charge on any atom is -0.423 e. The summed E-state index contributed by atoms with van der Waals surface area (Å²) >= 11 is 0. The maximum absolute atomic E-state index is 8.31. The highest BCUT2D eigenvalue weighted by Crippen LogP contribution is 1.90. The van der Waals surface area contributed by atoms with Gasteiger partial charge in [0.05, 0.1) is 0 Å². The molecule has 0 saturated heterocycles. The third-order valence-electron chi connectivity index (χ3n) is 0.863. The molecule has 2 N–H and O–H groups in total. The molecule has 0 aromatic rings. The SMILES string of the molecule is CC=C(C)B(O)O. The van der Waals surface area contributed by atoms with Gasteiger partial charge in [0.15, 0.2) is 0 Å². The van der Waals surface area contributed by atoms with Crippen LogP contribution >= 0.6 is 0 Å². The third kappa shape index (κ3) is 2.42. The Kier molecular flexibility index (Phi) is 2.72. The molecule has 0 fully saturated rings.